The summed E-state index contributed by atoms with van der Waals surface area (Å²) in [7, 11) is -3.77. The van der Waals surface area contributed by atoms with Crippen LogP contribution in [0.25, 0.3) is 0 Å². The number of thioether (sulfide) groups is 1. The van der Waals surface area contributed by atoms with Crippen LogP contribution in [0.3, 0.4) is 0 Å². The Hall–Kier alpha value is -2.56. The zero-order valence-electron chi connectivity index (χ0n) is 18.8. The molecular formula is C23H27N3O5S2. The monoisotopic (exact) mass is 489 g/mol. The van der Waals surface area contributed by atoms with E-state index in [9.17, 15) is 18.0 Å². The van der Waals surface area contributed by atoms with Crippen LogP contribution in [0.5, 0.6) is 5.75 Å². The van der Waals surface area contributed by atoms with Crippen LogP contribution in [0.4, 0.5) is 11.4 Å². The SMILES string of the molecule is CSc1cccc(NC(=O)C2CCN(S(=O)(=O)c3cc4c(cc3C)NC(=O)[C@H](C)O4)CC2)c1. The maximum Gasteiger partial charge on any atom is 0.265 e. The first-order valence-electron chi connectivity index (χ1n) is 10.8. The molecule has 0 aliphatic carbocycles. The highest BCUT2D eigenvalue weighted by molar-refractivity contribution is 7.98. The van der Waals surface area contributed by atoms with Crippen molar-refractivity contribution in [3.05, 3.63) is 42.0 Å². The minimum atomic E-state index is -3.77. The van der Waals surface area contributed by atoms with Crippen molar-refractivity contribution in [1.82, 2.24) is 4.31 Å². The average Bonchev–Trinajstić information content (AvgIpc) is 2.80. The van der Waals surface area contributed by atoms with Gasteiger partial charge in [0.15, 0.2) is 6.10 Å². The van der Waals surface area contributed by atoms with Crippen LogP contribution in [0.1, 0.15) is 25.3 Å². The highest BCUT2D eigenvalue weighted by atomic mass is 32.2. The molecule has 2 aromatic carbocycles. The summed E-state index contributed by atoms with van der Waals surface area (Å²) >= 11 is 1.60. The Morgan fingerprint density at radius 1 is 1.21 bits per heavy atom. The lowest BCUT2D eigenvalue weighted by Crippen LogP contribution is -2.41. The second-order valence-corrected chi connectivity index (χ2v) is 11.0. The van der Waals surface area contributed by atoms with Gasteiger partial charge < -0.3 is 15.4 Å². The number of sulfonamides is 1. The van der Waals surface area contributed by atoms with Gasteiger partial charge in [0.25, 0.3) is 5.91 Å². The van der Waals surface area contributed by atoms with Crippen molar-refractivity contribution in [1.29, 1.82) is 0 Å². The number of piperidine rings is 1. The van der Waals surface area contributed by atoms with Crippen molar-refractivity contribution in [3.63, 3.8) is 0 Å². The number of aryl methyl sites for hydroxylation is 1. The Balaban J connectivity index is 1.44. The Kier molecular flexibility index (Phi) is 6.69. The number of benzene rings is 2. The molecule has 2 amide bonds. The third-order valence-electron chi connectivity index (χ3n) is 5.99. The number of nitrogens with one attached hydrogen (secondary N) is 2. The highest BCUT2D eigenvalue weighted by Gasteiger charge is 2.34. The molecular weight excluding hydrogens is 462 g/mol. The van der Waals surface area contributed by atoms with Gasteiger partial charge in [0.2, 0.25) is 15.9 Å². The van der Waals surface area contributed by atoms with Crippen molar-refractivity contribution >= 4 is 45.0 Å². The van der Waals surface area contributed by atoms with Crippen LogP contribution in [0.2, 0.25) is 0 Å². The standard InChI is InChI=1S/C23H27N3O5S2/c1-14-11-19-20(31-15(2)22(27)25-19)13-21(14)33(29,30)26-9-7-16(8-10-26)23(28)24-17-5-4-6-18(12-17)32-3/h4-6,11-13,15-16H,7-10H2,1-3H3,(H,24,28)(H,25,27)/t15-/m0/s1. The molecule has 0 radical (unpaired) electrons. The first kappa shape index (κ1) is 23.6. The number of ether oxygens (including phenoxy) is 1. The Labute approximate surface area is 198 Å². The van der Waals surface area contributed by atoms with E-state index >= 15 is 0 Å². The van der Waals surface area contributed by atoms with Gasteiger partial charge in [-0.05, 0) is 62.8 Å². The zero-order valence-corrected chi connectivity index (χ0v) is 20.4. The van der Waals surface area contributed by atoms with Crippen LogP contribution >= 0.6 is 11.8 Å². The number of anilines is 2. The number of hydrogen-bond acceptors (Lipinski definition) is 6. The predicted molar refractivity (Wildman–Crippen MR) is 128 cm³/mol. The first-order valence-corrected chi connectivity index (χ1v) is 13.4. The molecule has 1 fully saturated rings. The molecule has 0 unspecified atom stereocenters. The van der Waals surface area contributed by atoms with Gasteiger partial charge in [0.05, 0.1) is 10.6 Å². The zero-order chi connectivity index (χ0) is 23.8. The first-order chi connectivity index (χ1) is 15.7. The van der Waals surface area contributed by atoms with Gasteiger partial charge in [0.1, 0.15) is 5.75 Å². The molecule has 0 saturated carbocycles. The molecule has 2 aliphatic heterocycles. The van der Waals surface area contributed by atoms with Crippen LogP contribution in [-0.4, -0.2) is 50.0 Å². The van der Waals surface area contributed by atoms with E-state index in [1.54, 1.807) is 31.7 Å². The molecule has 1 saturated heterocycles. The maximum atomic E-state index is 13.4. The lowest BCUT2D eigenvalue weighted by molar-refractivity contribution is -0.123. The van der Waals surface area contributed by atoms with Crippen molar-refractivity contribution in [3.8, 4) is 5.75 Å². The van der Waals surface area contributed by atoms with Gasteiger partial charge in [0, 0.05) is 35.7 Å². The summed E-state index contributed by atoms with van der Waals surface area (Å²) in [6.45, 7) is 3.82. The number of hydrogen-bond donors (Lipinski definition) is 2. The maximum absolute atomic E-state index is 13.4. The van der Waals surface area contributed by atoms with E-state index in [0.717, 1.165) is 10.6 Å². The van der Waals surface area contributed by atoms with E-state index in [0.29, 0.717) is 29.8 Å². The lowest BCUT2D eigenvalue weighted by atomic mass is 9.97. The number of rotatable bonds is 5. The molecule has 0 spiro atoms. The largest absolute Gasteiger partial charge is 0.479 e. The Morgan fingerprint density at radius 2 is 1.94 bits per heavy atom. The smallest absolute Gasteiger partial charge is 0.265 e. The summed E-state index contributed by atoms with van der Waals surface area (Å²) in [4.78, 5) is 25.8. The lowest BCUT2D eigenvalue weighted by Gasteiger charge is -2.31. The molecule has 1 atom stereocenters. The van der Waals surface area contributed by atoms with Crippen molar-refractivity contribution < 1.29 is 22.7 Å². The normalized spacial score (nSPS) is 19.4. The molecule has 0 bridgehead atoms. The third kappa shape index (κ3) is 4.87. The van der Waals surface area contributed by atoms with Crippen LogP contribution < -0.4 is 15.4 Å². The van der Waals surface area contributed by atoms with E-state index in [1.165, 1.54) is 10.4 Å². The average molecular weight is 490 g/mol. The van der Waals surface area contributed by atoms with Crippen molar-refractivity contribution in [2.24, 2.45) is 5.92 Å². The minimum absolute atomic E-state index is 0.0895. The fourth-order valence-electron chi connectivity index (χ4n) is 4.06. The summed E-state index contributed by atoms with van der Waals surface area (Å²) in [5, 5.41) is 5.69. The van der Waals surface area contributed by atoms with Gasteiger partial charge >= 0.3 is 0 Å². The van der Waals surface area contributed by atoms with E-state index in [4.69, 9.17) is 4.74 Å². The third-order valence-corrected chi connectivity index (χ3v) is 8.75. The molecule has 2 heterocycles. The van der Waals surface area contributed by atoms with Crippen LogP contribution in [-0.2, 0) is 19.6 Å². The molecule has 2 aromatic rings. The molecule has 4 rings (SSSR count). The summed E-state index contributed by atoms with van der Waals surface area (Å²) in [6, 6.07) is 10.7. The Morgan fingerprint density at radius 3 is 2.64 bits per heavy atom. The summed E-state index contributed by atoms with van der Waals surface area (Å²) in [5.41, 5.74) is 1.74. The highest BCUT2D eigenvalue weighted by Crippen LogP contribution is 2.36. The fourth-order valence-corrected chi connectivity index (χ4v) is 6.21. The van der Waals surface area contributed by atoms with Crippen molar-refractivity contribution in [2.45, 2.75) is 42.6 Å². The summed E-state index contributed by atoms with van der Waals surface area (Å²) in [6.07, 6.45) is 2.17. The Bertz CT molecular complexity index is 1190. The molecule has 8 nitrogen and oxygen atoms in total. The molecule has 2 N–H and O–H groups in total. The fraction of sp³-hybridized carbons (Fsp3) is 0.391. The van der Waals surface area contributed by atoms with E-state index < -0.39 is 16.1 Å². The van der Waals surface area contributed by atoms with Gasteiger partial charge in [-0.3, -0.25) is 9.59 Å². The van der Waals surface area contributed by atoms with E-state index in [-0.39, 0.29) is 35.7 Å². The summed E-state index contributed by atoms with van der Waals surface area (Å²) in [5.74, 6) is -0.266. The van der Waals surface area contributed by atoms with Crippen LogP contribution in [0, 0.1) is 12.8 Å². The van der Waals surface area contributed by atoms with E-state index in [1.807, 2.05) is 30.5 Å². The van der Waals surface area contributed by atoms with Crippen molar-refractivity contribution in [2.75, 3.05) is 30.0 Å². The molecule has 176 valence electrons. The second-order valence-electron chi connectivity index (χ2n) is 8.26. The quantitative estimate of drug-likeness (QED) is 0.623. The number of amides is 2. The topological polar surface area (TPSA) is 105 Å². The van der Waals surface area contributed by atoms with Gasteiger partial charge in [-0.1, -0.05) is 6.07 Å². The second kappa shape index (κ2) is 9.36. The molecule has 10 heteroatoms. The van der Waals surface area contributed by atoms with Crippen LogP contribution in [0.15, 0.2) is 46.2 Å². The summed E-state index contributed by atoms with van der Waals surface area (Å²) < 4.78 is 33.7. The van der Waals surface area contributed by atoms with Gasteiger partial charge in [-0.2, -0.15) is 4.31 Å². The number of carbonyl (C=O) groups excluding carboxylic acids is 2. The minimum Gasteiger partial charge on any atom is -0.479 e. The predicted octanol–water partition coefficient (Wildman–Crippen LogP) is 3.48. The molecule has 33 heavy (non-hydrogen) atoms. The van der Waals surface area contributed by atoms with Gasteiger partial charge in [-0.15, -0.1) is 11.8 Å². The van der Waals surface area contributed by atoms with Gasteiger partial charge in [-0.25, -0.2) is 8.42 Å². The van der Waals surface area contributed by atoms with E-state index in [2.05, 4.69) is 10.6 Å². The molecule has 2 aliphatic rings. The molecule has 0 aromatic heterocycles. The number of nitrogens with zero attached hydrogens (tertiary/aromatic N) is 1. The number of fused-ring (bicyclic) bond motifs is 1. The number of carbonyl (C=O) groups is 2.